The second kappa shape index (κ2) is 5.87. The first kappa shape index (κ1) is 12.2. The van der Waals surface area contributed by atoms with Gasteiger partial charge in [0.25, 0.3) is 0 Å². The van der Waals surface area contributed by atoms with E-state index in [9.17, 15) is 0 Å². The predicted octanol–water partition coefficient (Wildman–Crippen LogP) is 0.356. The van der Waals surface area contributed by atoms with Crippen molar-refractivity contribution in [1.29, 1.82) is 0 Å². The highest BCUT2D eigenvalue weighted by Gasteiger charge is 1.99. The SMILES string of the molecule is CN(C)Cc1ccccc1C=NN=C(N)N. The Morgan fingerprint density at radius 3 is 2.62 bits per heavy atom. The van der Waals surface area contributed by atoms with Gasteiger partial charge in [-0.15, -0.1) is 5.10 Å². The summed E-state index contributed by atoms with van der Waals surface area (Å²) in [6.45, 7) is 0.851. The standard InChI is InChI=1S/C11H17N5/c1-16(2)8-10-6-4-3-5-9(10)7-14-15-11(12)13/h3-7H,8H2,1-2H3,(H4,12,13,15). The maximum absolute atomic E-state index is 5.18. The summed E-state index contributed by atoms with van der Waals surface area (Å²) in [5.41, 5.74) is 12.6. The van der Waals surface area contributed by atoms with Crippen molar-refractivity contribution >= 4 is 12.2 Å². The fourth-order valence-electron chi connectivity index (χ4n) is 1.30. The van der Waals surface area contributed by atoms with Gasteiger partial charge in [0.1, 0.15) is 0 Å². The molecule has 1 aromatic carbocycles. The van der Waals surface area contributed by atoms with Crippen LogP contribution >= 0.6 is 0 Å². The van der Waals surface area contributed by atoms with Crippen LogP contribution in [0.5, 0.6) is 0 Å². The summed E-state index contributed by atoms with van der Waals surface area (Å²) in [6.07, 6.45) is 1.65. The van der Waals surface area contributed by atoms with Gasteiger partial charge in [-0.2, -0.15) is 5.10 Å². The molecule has 86 valence electrons. The fourth-order valence-corrected chi connectivity index (χ4v) is 1.30. The first-order chi connectivity index (χ1) is 7.59. The normalized spacial score (nSPS) is 10.9. The summed E-state index contributed by atoms with van der Waals surface area (Å²) in [7, 11) is 4.04. The Morgan fingerprint density at radius 1 is 1.31 bits per heavy atom. The molecule has 0 saturated heterocycles. The van der Waals surface area contributed by atoms with Gasteiger partial charge in [-0.1, -0.05) is 24.3 Å². The third-order valence-corrected chi connectivity index (χ3v) is 1.91. The number of rotatable bonds is 4. The highest BCUT2D eigenvalue weighted by atomic mass is 15.3. The summed E-state index contributed by atoms with van der Waals surface area (Å²) in [5, 5.41) is 7.37. The van der Waals surface area contributed by atoms with Crippen LogP contribution in [0.4, 0.5) is 0 Å². The number of hydrogen-bond acceptors (Lipinski definition) is 3. The summed E-state index contributed by atoms with van der Waals surface area (Å²) in [5.74, 6) is -0.0404. The average molecular weight is 219 g/mol. The minimum Gasteiger partial charge on any atom is -0.369 e. The van der Waals surface area contributed by atoms with Crippen molar-refractivity contribution in [3.8, 4) is 0 Å². The van der Waals surface area contributed by atoms with Crippen LogP contribution in [0.3, 0.4) is 0 Å². The molecule has 5 nitrogen and oxygen atoms in total. The van der Waals surface area contributed by atoms with Crippen LogP contribution < -0.4 is 11.5 Å². The Bertz CT molecular complexity index is 391. The molecule has 0 aromatic heterocycles. The number of guanidine groups is 1. The van der Waals surface area contributed by atoms with Crippen LogP contribution in [0.2, 0.25) is 0 Å². The first-order valence-corrected chi connectivity index (χ1v) is 4.94. The molecule has 0 atom stereocenters. The average Bonchev–Trinajstić information content (AvgIpc) is 2.19. The maximum atomic E-state index is 5.18. The van der Waals surface area contributed by atoms with Gasteiger partial charge in [-0.25, -0.2) is 0 Å². The second-order valence-electron chi connectivity index (χ2n) is 3.71. The van der Waals surface area contributed by atoms with Crippen LogP contribution in [0.1, 0.15) is 11.1 Å². The van der Waals surface area contributed by atoms with E-state index < -0.39 is 0 Å². The molecule has 1 aromatic rings. The zero-order valence-corrected chi connectivity index (χ0v) is 9.59. The van der Waals surface area contributed by atoms with E-state index >= 15 is 0 Å². The van der Waals surface area contributed by atoms with Gasteiger partial charge in [0.05, 0.1) is 6.21 Å². The lowest BCUT2D eigenvalue weighted by molar-refractivity contribution is 0.402. The van der Waals surface area contributed by atoms with Crippen molar-refractivity contribution in [1.82, 2.24) is 4.90 Å². The lowest BCUT2D eigenvalue weighted by atomic mass is 10.1. The van der Waals surface area contributed by atoms with E-state index in [0.29, 0.717) is 0 Å². The van der Waals surface area contributed by atoms with Crippen molar-refractivity contribution < 1.29 is 0 Å². The highest BCUT2D eigenvalue weighted by molar-refractivity contribution is 5.83. The molecule has 5 heteroatoms. The Kier molecular flexibility index (Phi) is 4.47. The molecule has 0 unspecified atom stereocenters. The maximum Gasteiger partial charge on any atom is 0.211 e. The zero-order valence-electron chi connectivity index (χ0n) is 9.59. The fraction of sp³-hybridized carbons (Fsp3) is 0.273. The Balaban J connectivity index is 2.86. The molecule has 4 N–H and O–H groups in total. The van der Waals surface area contributed by atoms with Crippen molar-refractivity contribution in [3.63, 3.8) is 0 Å². The van der Waals surface area contributed by atoms with Crippen LogP contribution in [0, 0.1) is 0 Å². The molecule has 0 aliphatic carbocycles. The van der Waals surface area contributed by atoms with Crippen molar-refractivity contribution in [2.24, 2.45) is 21.7 Å². The molecular weight excluding hydrogens is 202 g/mol. The highest BCUT2D eigenvalue weighted by Crippen LogP contribution is 2.08. The minimum absolute atomic E-state index is 0.0404. The van der Waals surface area contributed by atoms with Crippen LogP contribution in [-0.2, 0) is 6.54 Å². The lowest BCUT2D eigenvalue weighted by Gasteiger charge is -2.11. The largest absolute Gasteiger partial charge is 0.369 e. The van der Waals surface area contributed by atoms with E-state index in [1.165, 1.54) is 5.56 Å². The molecule has 0 amide bonds. The summed E-state index contributed by atoms with van der Waals surface area (Å²) < 4.78 is 0. The number of benzene rings is 1. The van der Waals surface area contributed by atoms with E-state index in [-0.39, 0.29) is 5.96 Å². The molecule has 0 spiro atoms. The molecule has 0 aliphatic heterocycles. The van der Waals surface area contributed by atoms with Gasteiger partial charge < -0.3 is 16.4 Å². The second-order valence-corrected chi connectivity index (χ2v) is 3.71. The van der Waals surface area contributed by atoms with Gasteiger partial charge >= 0.3 is 0 Å². The summed E-state index contributed by atoms with van der Waals surface area (Å²) >= 11 is 0. The lowest BCUT2D eigenvalue weighted by Crippen LogP contribution is -2.21. The molecule has 0 radical (unpaired) electrons. The van der Waals surface area contributed by atoms with E-state index in [4.69, 9.17) is 11.5 Å². The third-order valence-electron chi connectivity index (χ3n) is 1.91. The van der Waals surface area contributed by atoms with Gasteiger partial charge in [0, 0.05) is 6.54 Å². The molecule has 1 rings (SSSR count). The zero-order chi connectivity index (χ0) is 12.0. The van der Waals surface area contributed by atoms with Gasteiger partial charge in [-0.3, -0.25) is 0 Å². The summed E-state index contributed by atoms with van der Waals surface area (Å²) in [4.78, 5) is 2.09. The molecule has 0 bridgehead atoms. The van der Waals surface area contributed by atoms with E-state index in [1.54, 1.807) is 6.21 Å². The van der Waals surface area contributed by atoms with Crippen molar-refractivity contribution in [3.05, 3.63) is 35.4 Å². The number of hydrogen-bond donors (Lipinski definition) is 2. The van der Waals surface area contributed by atoms with Gasteiger partial charge in [-0.05, 0) is 25.2 Å². The van der Waals surface area contributed by atoms with Crippen LogP contribution in [0.15, 0.2) is 34.5 Å². The monoisotopic (exact) mass is 219 g/mol. The predicted molar refractivity (Wildman–Crippen MR) is 67.2 cm³/mol. The minimum atomic E-state index is -0.0404. The topological polar surface area (TPSA) is 80.0 Å². The first-order valence-electron chi connectivity index (χ1n) is 4.94. The van der Waals surface area contributed by atoms with Crippen molar-refractivity contribution in [2.45, 2.75) is 6.54 Å². The van der Waals surface area contributed by atoms with Crippen LogP contribution in [0.25, 0.3) is 0 Å². The van der Waals surface area contributed by atoms with Gasteiger partial charge in [0.2, 0.25) is 5.96 Å². The Hall–Kier alpha value is -1.88. The number of nitrogens with zero attached hydrogens (tertiary/aromatic N) is 3. The summed E-state index contributed by atoms with van der Waals surface area (Å²) in [6, 6.07) is 7.98. The molecule has 0 aliphatic rings. The van der Waals surface area contributed by atoms with Crippen LogP contribution in [-0.4, -0.2) is 31.2 Å². The van der Waals surface area contributed by atoms with E-state index in [0.717, 1.165) is 12.1 Å². The molecule has 0 heterocycles. The smallest absolute Gasteiger partial charge is 0.211 e. The van der Waals surface area contributed by atoms with E-state index in [2.05, 4.69) is 21.2 Å². The molecular formula is C11H17N5. The van der Waals surface area contributed by atoms with E-state index in [1.807, 2.05) is 32.3 Å². The quantitative estimate of drug-likeness (QED) is 0.436. The Labute approximate surface area is 95.5 Å². The van der Waals surface area contributed by atoms with Crippen molar-refractivity contribution in [2.75, 3.05) is 14.1 Å². The molecule has 0 saturated carbocycles. The third kappa shape index (κ3) is 4.10. The molecule has 0 fully saturated rings. The Morgan fingerprint density at radius 2 is 2.00 bits per heavy atom. The number of nitrogens with two attached hydrogens (primary N) is 2. The van der Waals surface area contributed by atoms with Gasteiger partial charge in [0.15, 0.2) is 0 Å². The molecule has 16 heavy (non-hydrogen) atoms.